The summed E-state index contributed by atoms with van der Waals surface area (Å²) in [7, 11) is 0. The van der Waals surface area contributed by atoms with E-state index in [0.717, 1.165) is 5.70 Å². The van der Waals surface area contributed by atoms with Crippen molar-refractivity contribution in [3.8, 4) is 0 Å². The Labute approximate surface area is 93.9 Å². The van der Waals surface area contributed by atoms with Crippen molar-refractivity contribution in [1.29, 1.82) is 0 Å². The second kappa shape index (κ2) is 4.45. The number of hydrogen-bond acceptors (Lipinski definition) is 2. The van der Waals surface area contributed by atoms with Crippen molar-refractivity contribution in [1.82, 2.24) is 5.32 Å². The lowest BCUT2D eigenvalue weighted by atomic mass is 10.1. The fraction of sp³-hybridized carbons (Fsp3) is 0.250. The number of nitrogens with zero attached hydrogens (tertiary/aromatic N) is 2. The first-order valence-corrected chi connectivity index (χ1v) is 5.16. The summed E-state index contributed by atoms with van der Waals surface area (Å²) < 4.78 is 13.3. The van der Waals surface area contributed by atoms with Crippen molar-refractivity contribution in [3.05, 3.63) is 47.0 Å². The van der Waals surface area contributed by atoms with Crippen molar-refractivity contribution in [2.24, 2.45) is 10.7 Å². The van der Waals surface area contributed by atoms with Crippen LogP contribution >= 0.6 is 0 Å². The maximum absolute atomic E-state index is 13.3. The van der Waals surface area contributed by atoms with Crippen LogP contribution in [0.25, 0.3) is 0 Å². The van der Waals surface area contributed by atoms with E-state index in [0.29, 0.717) is 29.9 Å². The van der Waals surface area contributed by atoms with Gasteiger partial charge in [-0.3, -0.25) is 0 Å². The summed E-state index contributed by atoms with van der Waals surface area (Å²) in [6.07, 6.45) is 2.38. The van der Waals surface area contributed by atoms with Crippen molar-refractivity contribution in [2.75, 3.05) is 6.54 Å². The van der Waals surface area contributed by atoms with Crippen LogP contribution in [-0.4, -0.2) is 12.4 Å². The van der Waals surface area contributed by atoms with E-state index in [-0.39, 0.29) is 5.82 Å². The molecule has 0 aliphatic carbocycles. The molecule has 4 heteroatoms. The van der Waals surface area contributed by atoms with Gasteiger partial charge >= 0.3 is 0 Å². The molecule has 0 fully saturated rings. The van der Waals surface area contributed by atoms with Gasteiger partial charge in [-0.15, -0.1) is 0 Å². The summed E-state index contributed by atoms with van der Waals surface area (Å²) >= 11 is 0. The molecule has 2 N–H and O–H groups in total. The van der Waals surface area contributed by atoms with E-state index in [1.54, 1.807) is 19.2 Å². The smallest absolute Gasteiger partial charge is 0.159 e. The van der Waals surface area contributed by atoms with E-state index < -0.39 is 0 Å². The van der Waals surface area contributed by atoms with Gasteiger partial charge in [-0.1, -0.05) is 12.1 Å². The maximum Gasteiger partial charge on any atom is 0.159 e. The summed E-state index contributed by atoms with van der Waals surface area (Å²) in [5.74, 6) is 0.324. The molecule has 1 aliphatic rings. The molecule has 0 saturated heterocycles. The first-order valence-electron chi connectivity index (χ1n) is 5.16. The number of rotatable bonds is 3. The zero-order valence-electron chi connectivity index (χ0n) is 9.07. The molecule has 0 bridgehead atoms. The number of benzene rings is 1. The van der Waals surface area contributed by atoms with Gasteiger partial charge in [0.05, 0.1) is 11.9 Å². The van der Waals surface area contributed by atoms with Gasteiger partial charge in [0, 0.05) is 12.0 Å². The van der Waals surface area contributed by atoms with Crippen LogP contribution < -0.4 is 11.1 Å². The molecule has 0 spiro atoms. The third-order valence-corrected chi connectivity index (χ3v) is 2.42. The van der Waals surface area contributed by atoms with Gasteiger partial charge in [0.2, 0.25) is 0 Å². The topological polar surface area (TPSA) is 52.5 Å². The molecule has 0 aromatic heterocycles. The van der Waals surface area contributed by atoms with Crippen molar-refractivity contribution >= 4 is 5.84 Å². The maximum atomic E-state index is 13.3. The highest BCUT2D eigenvalue weighted by atomic mass is 19.1. The zero-order chi connectivity index (χ0) is 11.5. The number of aryl methyl sites for hydroxylation is 1. The highest BCUT2D eigenvalue weighted by Gasteiger charge is 2.12. The largest absolute Gasteiger partial charge is 0.330 e. The van der Waals surface area contributed by atoms with Crippen molar-refractivity contribution in [2.45, 2.75) is 13.3 Å². The third kappa shape index (κ3) is 2.12. The predicted molar refractivity (Wildman–Crippen MR) is 61.6 cm³/mol. The minimum atomic E-state index is -0.234. The Balaban J connectivity index is 2.21. The van der Waals surface area contributed by atoms with Gasteiger partial charge in [0.15, 0.2) is 5.84 Å². The van der Waals surface area contributed by atoms with Crippen LogP contribution in [0.3, 0.4) is 0 Å². The van der Waals surface area contributed by atoms with Crippen LogP contribution in [-0.2, 0) is 0 Å². The molecule has 2 rings (SSSR count). The lowest BCUT2D eigenvalue weighted by molar-refractivity contribution is 0.618. The van der Waals surface area contributed by atoms with Gasteiger partial charge in [0.25, 0.3) is 0 Å². The summed E-state index contributed by atoms with van der Waals surface area (Å²) in [6.45, 7) is 2.27. The van der Waals surface area contributed by atoms with Crippen LogP contribution in [0, 0.1) is 12.7 Å². The number of nitrogens with two attached hydrogens (primary N) is 1. The molecule has 0 amide bonds. The van der Waals surface area contributed by atoms with Crippen molar-refractivity contribution < 1.29 is 4.39 Å². The molecule has 1 aliphatic heterocycles. The molecule has 0 atom stereocenters. The molecule has 1 aromatic rings. The van der Waals surface area contributed by atoms with Gasteiger partial charge < -0.3 is 5.73 Å². The standard InChI is InChI=1S/C12H13FN3/c1-8-2-3-9(6-11(8)13)12-15-7-10(16-12)4-5-14/h2-3,6-7H,4-5,14H2,1H3. The molecule has 1 radical (unpaired) electrons. The lowest BCUT2D eigenvalue weighted by Crippen LogP contribution is -2.08. The molecule has 83 valence electrons. The van der Waals surface area contributed by atoms with Crippen LogP contribution in [0.2, 0.25) is 0 Å². The third-order valence-electron chi connectivity index (χ3n) is 2.42. The number of hydrogen-bond donors (Lipinski definition) is 1. The Morgan fingerprint density at radius 2 is 2.19 bits per heavy atom. The Morgan fingerprint density at radius 1 is 1.38 bits per heavy atom. The van der Waals surface area contributed by atoms with Crippen LogP contribution in [0.5, 0.6) is 0 Å². The van der Waals surface area contributed by atoms with Crippen LogP contribution in [0.4, 0.5) is 4.39 Å². The highest BCUT2D eigenvalue weighted by Crippen LogP contribution is 2.15. The summed E-state index contributed by atoms with van der Waals surface area (Å²) in [4.78, 5) is 4.28. The van der Waals surface area contributed by atoms with Crippen LogP contribution in [0.1, 0.15) is 17.5 Å². The molecular formula is C12H13FN3. The second-order valence-electron chi connectivity index (χ2n) is 3.69. The fourth-order valence-corrected chi connectivity index (χ4v) is 1.47. The molecule has 1 heterocycles. The SMILES string of the molecule is Cc1ccc(C2=NC(CCN)=C[N]2)cc1F. The minimum absolute atomic E-state index is 0.234. The normalized spacial score (nSPS) is 14.4. The summed E-state index contributed by atoms with van der Waals surface area (Å²) in [6, 6.07) is 5.00. The fourth-order valence-electron chi connectivity index (χ4n) is 1.47. The number of amidine groups is 1. The monoisotopic (exact) mass is 218 g/mol. The van der Waals surface area contributed by atoms with Gasteiger partial charge in [-0.25, -0.2) is 14.7 Å². The van der Waals surface area contributed by atoms with Gasteiger partial charge in [-0.05, 0) is 25.1 Å². The van der Waals surface area contributed by atoms with Crippen molar-refractivity contribution in [3.63, 3.8) is 0 Å². The number of halogens is 1. The Morgan fingerprint density at radius 3 is 2.88 bits per heavy atom. The molecule has 1 aromatic carbocycles. The predicted octanol–water partition coefficient (Wildman–Crippen LogP) is 1.69. The molecular weight excluding hydrogens is 205 g/mol. The molecule has 16 heavy (non-hydrogen) atoms. The van der Waals surface area contributed by atoms with Crippen LogP contribution in [0.15, 0.2) is 35.1 Å². The number of aliphatic imine (C=N–C) groups is 1. The Hall–Kier alpha value is -1.68. The van der Waals surface area contributed by atoms with E-state index in [9.17, 15) is 4.39 Å². The Bertz CT molecular complexity index is 463. The minimum Gasteiger partial charge on any atom is -0.330 e. The summed E-state index contributed by atoms with van der Waals surface area (Å²) in [5.41, 5.74) is 7.59. The first kappa shape index (κ1) is 10.8. The Kier molecular flexibility index (Phi) is 3.01. The highest BCUT2D eigenvalue weighted by molar-refractivity contribution is 6.01. The van der Waals surface area contributed by atoms with E-state index in [1.807, 2.05) is 6.07 Å². The second-order valence-corrected chi connectivity index (χ2v) is 3.69. The summed E-state index contributed by atoms with van der Waals surface area (Å²) in [5, 5.41) is 4.14. The first-order chi connectivity index (χ1) is 7.70. The molecule has 0 unspecified atom stereocenters. The molecule has 0 saturated carbocycles. The molecule has 3 nitrogen and oxygen atoms in total. The average molecular weight is 218 g/mol. The van der Waals surface area contributed by atoms with Gasteiger partial charge in [-0.2, -0.15) is 0 Å². The quantitative estimate of drug-likeness (QED) is 0.824. The average Bonchev–Trinajstić information content (AvgIpc) is 2.71. The lowest BCUT2D eigenvalue weighted by Gasteiger charge is -2.01. The van der Waals surface area contributed by atoms with E-state index >= 15 is 0 Å². The van der Waals surface area contributed by atoms with E-state index in [4.69, 9.17) is 5.73 Å². The zero-order valence-corrected chi connectivity index (χ0v) is 9.07. The van der Waals surface area contributed by atoms with E-state index in [1.165, 1.54) is 6.07 Å². The van der Waals surface area contributed by atoms with Gasteiger partial charge in [0.1, 0.15) is 5.82 Å². The van der Waals surface area contributed by atoms with E-state index in [2.05, 4.69) is 10.3 Å².